The number of nitrogens with two attached hydrogens (primary N) is 1. The van der Waals surface area contributed by atoms with Crippen molar-refractivity contribution >= 4 is 11.6 Å². The van der Waals surface area contributed by atoms with Gasteiger partial charge in [-0.25, -0.2) is 0 Å². The van der Waals surface area contributed by atoms with E-state index in [1.54, 1.807) is 0 Å². The Kier molecular flexibility index (Phi) is 4.02. The van der Waals surface area contributed by atoms with Crippen LogP contribution in [0.3, 0.4) is 0 Å². The Hall–Kier alpha value is -1.51. The highest BCUT2D eigenvalue weighted by atomic mass is 35.5. The standard InChI is InChI=1S/C14H14ClNO/c15-13-3-1-2-4-14(13)17-10-12-7-5-11(9-16)6-8-12/h1-8H,9-10,16H2. The minimum Gasteiger partial charge on any atom is -0.487 e. The number of benzene rings is 2. The van der Waals surface area contributed by atoms with Crippen molar-refractivity contribution in [2.45, 2.75) is 13.2 Å². The van der Waals surface area contributed by atoms with Gasteiger partial charge in [0.1, 0.15) is 12.4 Å². The van der Waals surface area contributed by atoms with Crippen LogP contribution < -0.4 is 10.5 Å². The third kappa shape index (κ3) is 3.22. The quantitative estimate of drug-likeness (QED) is 0.899. The van der Waals surface area contributed by atoms with Crippen LogP contribution in [0.1, 0.15) is 11.1 Å². The highest BCUT2D eigenvalue weighted by molar-refractivity contribution is 6.32. The molecule has 88 valence electrons. The number of para-hydroxylation sites is 1. The van der Waals surface area contributed by atoms with Crippen molar-refractivity contribution in [3.8, 4) is 5.75 Å². The maximum atomic E-state index is 6.00. The van der Waals surface area contributed by atoms with Crippen LogP contribution in [-0.4, -0.2) is 0 Å². The molecule has 2 nitrogen and oxygen atoms in total. The van der Waals surface area contributed by atoms with Gasteiger partial charge >= 0.3 is 0 Å². The molecule has 0 aliphatic heterocycles. The molecule has 0 saturated carbocycles. The summed E-state index contributed by atoms with van der Waals surface area (Å²) in [4.78, 5) is 0. The highest BCUT2D eigenvalue weighted by Gasteiger charge is 2.00. The molecule has 17 heavy (non-hydrogen) atoms. The molecule has 0 spiro atoms. The SMILES string of the molecule is NCc1ccc(COc2ccccc2Cl)cc1. The lowest BCUT2D eigenvalue weighted by molar-refractivity contribution is 0.306. The summed E-state index contributed by atoms with van der Waals surface area (Å²) >= 11 is 6.00. The average Bonchev–Trinajstić information content (AvgIpc) is 2.38. The summed E-state index contributed by atoms with van der Waals surface area (Å²) in [5.41, 5.74) is 7.75. The molecule has 0 aromatic heterocycles. The van der Waals surface area contributed by atoms with Crippen LogP contribution in [0.15, 0.2) is 48.5 Å². The third-order valence-electron chi connectivity index (χ3n) is 2.49. The van der Waals surface area contributed by atoms with E-state index >= 15 is 0 Å². The molecule has 0 unspecified atom stereocenters. The second-order valence-electron chi connectivity index (χ2n) is 3.74. The maximum Gasteiger partial charge on any atom is 0.138 e. The Morgan fingerprint density at radius 2 is 1.59 bits per heavy atom. The Morgan fingerprint density at radius 3 is 2.24 bits per heavy atom. The van der Waals surface area contributed by atoms with E-state index in [0.717, 1.165) is 11.1 Å². The molecule has 0 atom stereocenters. The van der Waals surface area contributed by atoms with Crippen molar-refractivity contribution in [3.63, 3.8) is 0 Å². The van der Waals surface area contributed by atoms with Gasteiger partial charge in [0.15, 0.2) is 0 Å². The van der Waals surface area contributed by atoms with Crippen molar-refractivity contribution in [3.05, 3.63) is 64.7 Å². The normalized spacial score (nSPS) is 10.2. The van der Waals surface area contributed by atoms with Crippen LogP contribution in [0.4, 0.5) is 0 Å². The van der Waals surface area contributed by atoms with Gasteiger partial charge in [-0.2, -0.15) is 0 Å². The van der Waals surface area contributed by atoms with E-state index in [1.165, 1.54) is 0 Å². The highest BCUT2D eigenvalue weighted by Crippen LogP contribution is 2.24. The summed E-state index contributed by atoms with van der Waals surface area (Å²) in [5, 5.41) is 0.631. The summed E-state index contributed by atoms with van der Waals surface area (Å²) in [7, 11) is 0. The van der Waals surface area contributed by atoms with Gasteiger partial charge in [0, 0.05) is 6.54 Å². The zero-order valence-corrected chi connectivity index (χ0v) is 10.2. The lowest BCUT2D eigenvalue weighted by atomic mass is 10.1. The molecule has 2 aromatic rings. The fraction of sp³-hybridized carbons (Fsp3) is 0.143. The summed E-state index contributed by atoms with van der Waals surface area (Å²) in [6.07, 6.45) is 0. The van der Waals surface area contributed by atoms with Gasteiger partial charge in [-0.1, -0.05) is 48.0 Å². The van der Waals surface area contributed by atoms with E-state index in [9.17, 15) is 0 Å². The predicted molar refractivity (Wildman–Crippen MR) is 70.1 cm³/mol. The molecule has 0 amide bonds. The van der Waals surface area contributed by atoms with Crippen LogP contribution in [-0.2, 0) is 13.2 Å². The first-order valence-corrected chi connectivity index (χ1v) is 5.82. The van der Waals surface area contributed by atoms with Gasteiger partial charge in [0.05, 0.1) is 5.02 Å². The van der Waals surface area contributed by atoms with Crippen molar-refractivity contribution in [2.24, 2.45) is 5.73 Å². The van der Waals surface area contributed by atoms with E-state index in [2.05, 4.69) is 0 Å². The van der Waals surface area contributed by atoms with Crippen LogP contribution in [0.25, 0.3) is 0 Å². The summed E-state index contributed by atoms with van der Waals surface area (Å²) in [6.45, 7) is 1.07. The number of ether oxygens (including phenoxy) is 1. The molecule has 0 fully saturated rings. The predicted octanol–water partition coefficient (Wildman–Crippen LogP) is 3.38. The molecule has 0 radical (unpaired) electrons. The minimum absolute atomic E-state index is 0.509. The minimum atomic E-state index is 0.509. The van der Waals surface area contributed by atoms with Crippen molar-refractivity contribution in [1.29, 1.82) is 0 Å². The molecular formula is C14H14ClNO. The molecule has 2 aromatic carbocycles. The van der Waals surface area contributed by atoms with Gasteiger partial charge in [-0.05, 0) is 23.3 Å². The zero-order chi connectivity index (χ0) is 12.1. The van der Waals surface area contributed by atoms with Crippen LogP contribution in [0.5, 0.6) is 5.75 Å². The smallest absolute Gasteiger partial charge is 0.138 e. The van der Waals surface area contributed by atoms with Crippen LogP contribution in [0.2, 0.25) is 5.02 Å². The van der Waals surface area contributed by atoms with Gasteiger partial charge in [-0.15, -0.1) is 0 Å². The average molecular weight is 248 g/mol. The van der Waals surface area contributed by atoms with Gasteiger partial charge in [-0.3, -0.25) is 0 Å². The second-order valence-corrected chi connectivity index (χ2v) is 4.15. The lowest BCUT2D eigenvalue weighted by Gasteiger charge is -2.08. The zero-order valence-electron chi connectivity index (χ0n) is 9.40. The van der Waals surface area contributed by atoms with E-state index in [-0.39, 0.29) is 0 Å². The molecule has 0 heterocycles. The van der Waals surface area contributed by atoms with E-state index in [0.29, 0.717) is 23.9 Å². The monoisotopic (exact) mass is 247 g/mol. The Balaban J connectivity index is 2.00. The maximum absolute atomic E-state index is 6.00. The Bertz CT molecular complexity index is 482. The molecule has 0 saturated heterocycles. The number of rotatable bonds is 4. The molecule has 3 heteroatoms. The first kappa shape index (κ1) is 12.0. The molecule has 0 bridgehead atoms. The Morgan fingerprint density at radius 1 is 0.941 bits per heavy atom. The summed E-state index contributed by atoms with van der Waals surface area (Å²) < 4.78 is 5.63. The topological polar surface area (TPSA) is 35.2 Å². The first-order valence-electron chi connectivity index (χ1n) is 5.45. The fourth-order valence-electron chi connectivity index (χ4n) is 1.49. The third-order valence-corrected chi connectivity index (χ3v) is 2.80. The second kappa shape index (κ2) is 5.71. The molecule has 2 rings (SSSR count). The fourth-order valence-corrected chi connectivity index (χ4v) is 1.68. The van der Waals surface area contributed by atoms with E-state index in [1.807, 2.05) is 48.5 Å². The van der Waals surface area contributed by atoms with Gasteiger partial charge < -0.3 is 10.5 Å². The van der Waals surface area contributed by atoms with Crippen LogP contribution in [0, 0.1) is 0 Å². The summed E-state index contributed by atoms with van der Waals surface area (Å²) in [6, 6.07) is 15.5. The van der Waals surface area contributed by atoms with E-state index in [4.69, 9.17) is 22.1 Å². The number of halogens is 1. The van der Waals surface area contributed by atoms with Gasteiger partial charge in [0.25, 0.3) is 0 Å². The van der Waals surface area contributed by atoms with Crippen LogP contribution >= 0.6 is 11.6 Å². The molecule has 0 aliphatic rings. The number of hydrogen-bond donors (Lipinski definition) is 1. The van der Waals surface area contributed by atoms with Crippen molar-refractivity contribution in [2.75, 3.05) is 0 Å². The molecular weight excluding hydrogens is 234 g/mol. The largest absolute Gasteiger partial charge is 0.487 e. The van der Waals surface area contributed by atoms with Crippen molar-refractivity contribution in [1.82, 2.24) is 0 Å². The van der Waals surface area contributed by atoms with Crippen molar-refractivity contribution < 1.29 is 4.74 Å². The number of hydrogen-bond acceptors (Lipinski definition) is 2. The molecule has 0 aliphatic carbocycles. The molecule has 2 N–H and O–H groups in total. The van der Waals surface area contributed by atoms with E-state index < -0.39 is 0 Å². The lowest BCUT2D eigenvalue weighted by Crippen LogP contribution is -1.98. The Labute approximate surface area is 106 Å². The first-order chi connectivity index (χ1) is 8.29. The van der Waals surface area contributed by atoms with Gasteiger partial charge in [0.2, 0.25) is 0 Å². The summed E-state index contributed by atoms with van der Waals surface area (Å²) in [5.74, 6) is 0.706.